The van der Waals surface area contributed by atoms with Crippen LogP contribution in [0.25, 0.3) is 0 Å². The Bertz CT molecular complexity index is 535. The van der Waals surface area contributed by atoms with Gasteiger partial charge in [-0.05, 0) is 24.6 Å². The molecule has 2 aromatic rings. The molecule has 0 aliphatic heterocycles. The quantitative estimate of drug-likeness (QED) is 0.830. The van der Waals surface area contributed by atoms with Crippen LogP contribution in [0.5, 0.6) is 0 Å². The summed E-state index contributed by atoms with van der Waals surface area (Å²) < 4.78 is 0. The summed E-state index contributed by atoms with van der Waals surface area (Å²) >= 11 is 1.57. The summed E-state index contributed by atoms with van der Waals surface area (Å²) in [7, 11) is 0. The number of carbonyl (C=O) groups excluding carboxylic acids is 1. The Kier molecular flexibility index (Phi) is 3.99. The fourth-order valence-electron chi connectivity index (χ4n) is 1.42. The number of aromatic amines is 1. The number of nitrogens with one attached hydrogen (secondary N) is 2. The van der Waals surface area contributed by atoms with Crippen LogP contribution in [-0.4, -0.2) is 21.1 Å². The fraction of sp³-hybridized carbons (Fsp3) is 0.250. The molecule has 0 aliphatic rings. The van der Waals surface area contributed by atoms with E-state index in [0.29, 0.717) is 0 Å². The number of benzene rings is 1. The smallest absolute Gasteiger partial charge is 0.221 e. The zero-order chi connectivity index (χ0) is 13.0. The molecule has 0 radical (unpaired) electrons. The highest BCUT2D eigenvalue weighted by molar-refractivity contribution is 7.98. The van der Waals surface area contributed by atoms with Gasteiger partial charge in [-0.15, -0.1) is 5.10 Å². The number of aromatic nitrogens is 3. The fourth-order valence-corrected chi connectivity index (χ4v) is 2.22. The van der Waals surface area contributed by atoms with Gasteiger partial charge in [0.15, 0.2) is 0 Å². The zero-order valence-electron chi connectivity index (χ0n) is 10.2. The van der Waals surface area contributed by atoms with E-state index in [0.717, 1.165) is 28.0 Å². The minimum absolute atomic E-state index is 0.0617. The largest absolute Gasteiger partial charge is 0.326 e. The van der Waals surface area contributed by atoms with E-state index in [2.05, 4.69) is 20.5 Å². The van der Waals surface area contributed by atoms with Crippen LogP contribution in [0, 0.1) is 6.92 Å². The predicted molar refractivity (Wildman–Crippen MR) is 71.4 cm³/mol. The second-order valence-corrected chi connectivity index (χ2v) is 4.81. The monoisotopic (exact) mass is 262 g/mol. The normalized spacial score (nSPS) is 10.3. The Hall–Kier alpha value is -1.82. The number of H-pyrrole nitrogens is 1. The summed E-state index contributed by atoms with van der Waals surface area (Å²) in [6.45, 7) is 3.37. The highest BCUT2D eigenvalue weighted by Gasteiger charge is 2.02. The van der Waals surface area contributed by atoms with Crippen molar-refractivity contribution in [3.8, 4) is 0 Å². The Morgan fingerprint density at radius 1 is 1.39 bits per heavy atom. The predicted octanol–water partition coefficient (Wildman–Crippen LogP) is 2.36. The van der Waals surface area contributed by atoms with Crippen LogP contribution in [0.2, 0.25) is 0 Å². The van der Waals surface area contributed by atoms with E-state index >= 15 is 0 Å². The van der Waals surface area contributed by atoms with Crippen molar-refractivity contribution >= 4 is 23.4 Å². The van der Waals surface area contributed by atoms with Crippen molar-refractivity contribution < 1.29 is 4.79 Å². The van der Waals surface area contributed by atoms with Crippen LogP contribution >= 0.6 is 11.8 Å². The summed E-state index contributed by atoms with van der Waals surface area (Å²) in [6, 6.07) is 7.75. The highest BCUT2D eigenvalue weighted by atomic mass is 32.2. The van der Waals surface area contributed by atoms with E-state index < -0.39 is 0 Å². The van der Waals surface area contributed by atoms with E-state index in [1.54, 1.807) is 11.8 Å². The highest BCUT2D eigenvalue weighted by Crippen LogP contribution is 2.20. The number of anilines is 1. The molecule has 5 nitrogen and oxygen atoms in total. The van der Waals surface area contributed by atoms with Gasteiger partial charge in [-0.2, -0.15) is 0 Å². The first-order chi connectivity index (χ1) is 8.63. The van der Waals surface area contributed by atoms with Gasteiger partial charge in [-0.25, -0.2) is 4.98 Å². The topological polar surface area (TPSA) is 70.7 Å². The second kappa shape index (κ2) is 5.68. The van der Waals surface area contributed by atoms with Crippen LogP contribution in [0.15, 0.2) is 29.4 Å². The SMILES string of the molecule is CC(=O)Nc1ccc(CSc2n[nH]c(C)n2)cc1. The first-order valence-corrected chi connectivity index (χ1v) is 6.50. The average Bonchev–Trinajstić information content (AvgIpc) is 2.74. The average molecular weight is 262 g/mol. The van der Waals surface area contributed by atoms with Crippen LogP contribution in [0.3, 0.4) is 0 Å². The van der Waals surface area contributed by atoms with Gasteiger partial charge in [0, 0.05) is 18.4 Å². The van der Waals surface area contributed by atoms with Crippen molar-refractivity contribution in [3.05, 3.63) is 35.7 Å². The maximum Gasteiger partial charge on any atom is 0.221 e. The van der Waals surface area contributed by atoms with Gasteiger partial charge in [0.2, 0.25) is 11.1 Å². The van der Waals surface area contributed by atoms with Crippen molar-refractivity contribution in [2.45, 2.75) is 24.8 Å². The van der Waals surface area contributed by atoms with Gasteiger partial charge in [0.1, 0.15) is 5.82 Å². The third kappa shape index (κ3) is 3.59. The van der Waals surface area contributed by atoms with Crippen LogP contribution in [-0.2, 0) is 10.5 Å². The number of hydrogen-bond acceptors (Lipinski definition) is 4. The first kappa shape index (κ1) is 12.6. The van der Waals surface area contributed by atoms with Crippen molar-refractivity contribution in [3.63, 3.8) is 0 Å². The van der Waals surface area contributed by atoms with E-state index in [9.17, 15) is 4.79 Å². The van der Waals surface area contributed by atoms with E-state index in [4.69, 9.17) is 0 Å². The molecule has 2 N–H and O–H groups in total. The summed E-state index contributed by atoms with van der Waals surface area (Å²) in [6.07, 6.45) is 0. The molecular formula is C12H14N4OS. The number of aryl methyl sites for hydroxylation is 1. The molecule has 0 unspecified atom stereocenters. The lowest BCUT2D eigenvalue weighted by Crippen LogP contribution is -2.05. The Morgan fingerprint density at radius 2 is 2.11 bits per heavy atom. The maximum atomic E-state index is 10.9. The van der Waals surface area contributed by atoms with E-state index in [-0.39, 0.29) is 5.91 Å². The number of carbonyl (C=O) groups is 1. The molecule has 0 fully saturated rings. The summed E-state index contributed by atoms with van der Waals surface area (Å²) in [5.74, 6) is 1.56. The van der Waals surface area contributed by atoms with Gasteiger partial charge in [-0.1, -0.05) is 23.9 Å². The molecule has 0 saturated heterocycles. The molecule has 1 amide bonds. The van der Waals surface area contributed by atoms with Crippen LogP contribution in [0.1, 0.15) is 18.3 Å². The summed E-state index contributed by atoms with van der Waals surface area (Å²) in [5, 5.41) is 10.3. The standard InChI is InChI=1S/C12H14N4OS/c1-8-13-12(16-15-8)18-7-10-3-5-11(6-4-10)14-9(2)17/h3-6H,7H2,1-2H3,(H,14,17)(H,13,15,16). The molecule has 0 spiro atoms. The lowest BCUT2D eigenvalue weighted by molar-refractivity contribution is -0.114. The van der Waals surface area contributed by atoms with Gasteiger partial charge in [-0.3, -0.25) is 9.89 Å². The first-order valence-electron chi connectivity index (χ1n) is 5.52. The Morgan fingerprint density at radius 3 is 2.67 bits per heavy atom. The van der Waals surface area contributed by atoms with E-state index in [1.807, 2.05) is 31.2 Å². The number of rotatable bonds is 4. The maximum absolute atomic E-state index is 10.9. The van der Waals surface area contributed by atoms with Crippen molar-refractivity contribution in [1.29, 1.82) is 0 Å². The molecule has 1 aromatic carbocycles. The van der Waals surface area contributed by atoms with Gasteiger partial charge in [0.25, 0.3) is 0 Å². The van der Waals surface area contributed by atoms with E-state index in [1.165, 1.54) is 6.92 Å². The number of amides is 1. The molecule has 2 rings (SSSR count). The molecule has 18 heavy (non-hydrogen) atoms. The summed E-state index contributed by atoms with van der Waals surface area (Å²) in [5.41, 5.74) is 1.97. The van der Waals surface area contributed by atoms with Crippen LogP contribution < -0.4 is 5.32 Å². The van der Waals surface area contributed by atoms with Gasteiger partial charge in [0.05, 0.1) is 0 Å². The molecule has 1 heterocycles. The molecule has 0 saturated carbocycles. The Labute approximate surface area is 109 Å². The molecule has 6 heteroatoms. The minimum atomic E-state index is -0.0617. The van der Waals surface area contributed by atoms with Gasteiger partial charge >= 0.3 is 0 Å². The molecule has 94 valence electrons. The lowest BCUT2D eigenvalue weighted by atomic mass is 10.2. The molecule has 1 aromatic heterocycles. The number of hydrogen-bond donors (Lipinski definition) is 2. The molecule has 0 atom stereocenters. The van der Waals surface area contributed by atoms with Crippen molar-refractivity contribution in [1.82, 2.24) is 15.2 Å². The van der Waals surface area contributed by atoms with Gasteiger partial charge < -0.3 is 5.32 Å². The number of nitrogens with zero attached hydrogens (tertiary/aromatic N) is 2. The number of thioether (sulfide) groups is 1. The molecular weight excluding hydrogens is 248 g/mol. The lowest BCUT2D eigenvalue weighted by Gasteiger charge is -2.03. The second-order valence-electron chi connectivity index (χ2n) is 3.87. The molecule has 0 aliphatic carbocycles. The third-order valence-electron chi connectivity index (χ3n) is 2.22. The van der Waals surface area contributed by atoms with Crippen molar-refractivity contribution in [2.75, 3.05) is 5.32 Å². The van der Waals surface area contributed by atoms with Crippen LogP contribution in [0.4, 0.5) is 5.69 Å². The minimum Gasteiger partial charge on any atom is -0.326 e. The zero-order valence-corrected chi connectivity index (χ0v) is 11.0. The molecule has 0 bridgehead atoms. The van der Waals surface area contributed by atoms with Crippen molar-refractivity contribution in [2.24, 2.45) is 0 Å². The summed E-state index contributed by atoms with van der Waals surface area (Å²) in [4.78, 5) is 15.1. The third-order valence-corrected chi connectivity index (χ3v) is 3.14. The Balaban J connectivity index is 1.92.